The minimum absolute atomic E-state index is 0.274. The first-order valence-electron chi connectivity index (χ1n) is 7.52. The van der Waals surface area contributed by atoms with Gasteiger partial charge in [0.15, 0.2) is 0 Å². The van der Waals surface area contributed by atoms with Gasteiger partial charge in [-0.1, -0.05) is 19.9 Å². The van der Waals surface area contributed by atoms with Crippen LogP contribution in [0.25, 0.3) is 0 Å². The Morgan fingerprint density at radius 2 is 2.29 bits per heavy atom. The van der Waals surface area contributed by atoms with Gasteiger partial charge in [0.25, 0.3) is 0 Å². The molecule has 1 aromatic heterocycles. The average Bonchev–Trinajstić information content (AvgIpc) is 2.48. The molecule has 2 rings (SSSR count). The zero-order chi connectivity index (χ0) is 15.2. The van der Waals surface area contributed by atoms with E-state index in [4.69, 9.17) is 0 Å². The maximum Gasteiger partial charge on any atom is 0.232 e. The molecule has 0 aliphatic carbocycles. The molecular formula is C16H25N3OS. The van der Waals surface area contributed by atoms with Gasteiger partial charge in [-0.05, 0) is 24.6 Å². The van der Waals surface area contributed by atoms with E-state index in [1.54, 1.807) is 18.0 Å². The van der Waals surface area contributed by atoms with Gasteiger partial charge in [-0.15, -0.1) is 11.8 Å². The summed E-state index contributed by atoms with van der Waals surface area (Å²) >= 11 is 1.68. The van der Waals surface area contributed by atoms with E-state index >= 15 is 0 Å². The molecule has 1 saturated heterocycles. The molecule has 1 atom stereocenters. The SMILES string of the molecule is CC(C)[C@H]1CN(C)CCN1C(=O)CSCc1cccnc1. The van der Waals surface area contributed by atoms with E-state index in [2.05, 4.69) is 41.7 Å². The van der Waals surface area contributed by atoms with E-state index in [0.29, 0.717) is 17.7 Å². The molecule has 2 heterocycles. The quantitative estimate of drug-likeness (QED) is 0.835. The molecule has 21 heavy (non-hydrogen) atoms. The number of piperazine rings is 1. The molecule has 116 valence electrons. The van der Waals surface area contributed by atoms with Crippen LogP contribution < -0.4 is 0 Å². The Balaban J connectivity index is 1.84. The zero-order valence-corrected chi connectivity index (χ0v) is 14.0. The van der Waals surface area contributed by atoms with E-state index in [1.165, 1.54) is 5.56 Å². The topological polar surface area (TPSA) is 36.4 Å². The molecule has 0 aromatic carbocycles. The molecule has 0 spiro atoms. The number of hydrogen-bond donors (Lipinski definition) is 0. The predicted molar refractivity (Wildman–Crippen MR) is 88.2 cm³/mol. The molecule has 1 amide bonds. The number of carbonyl (C=O) groups excluding carboxylic acids is 1. The lowest BCUT2D eigenvalue weighted by Gasteiger charge is -2.42. The van der Waals surface area contributed by atoms with Crippen LogP contribution in [0.4, 0.5) is 0 Å². The summed E-state index contributed by atoms with van der Waals surface area (Å²) in [4.78, 5) is 21.0. The molecular weight excluding hydrogens is 282 g/mol. The molecule has 1 aromatic rings. The second-order valence-corrected chi connectivity index (χ2v) is 7.00. The van der Waals surface area contributed by atoms with Crippen LogP contribution in [0.1, 0.15) is 19.4 Å². The Hall–Kier alpha value is -1.07. The van der Waals surface area contributed by atoms with Crippen molar-refractivity contribution in [2.24, 2.45) is 5.92 Å². The molecule has 0 N–H and O–H groups in total. The first-order valence-corrected chi connectivity index (χ1v) is 8.68. The number of carbonyl (C=O) groups is 1. The van der Waals surface area contributed by atoms with Crippen molar-refractivity contribution in [1.82, 2.24) is 14.8 Å². The Morgan fingerprint density at radius 3 is 2.95 bits per heavy atom. The van der Waals surface area contributed by atoms with Crippen LogP contribution in [0.15, 0.2) is 24.5 Å². The maximum atomic E-state index is 12.5. The lowest BCUT2D eigenvalue weighted by molar-refractivity contribution is -0.134. The number of thioether (sulfide) groups is 1. The smallest absolute Gasteiger partial charge is 0.232 e. The molecule has 0 radical (unpaired) electrons. The van der Waals surface area contributed by atoms with Crippen LogP contribution in [0.5, 0.6) is 0 Å². The highest BCUT2D eigenvalue weighted by atomic mass is 32.2. The first-order chi connectivity index (χ1) is 10.1. The Morgan fingerprint density at radius 1 is 1.48 bits per heavy atom. The minimum Gasteiger partial charge on any atom is -0.336 e. The largest absolute Gasteiger partial charge is 0.336 e. The predicted octanol–water partition coefficient (Wildman–Crippen LogP) is 2.11. The van der Waals surface area contributed by atoms with E-state index in [-0.39, 0.29) is 5.91 Å². The molecule has 1 aliphatic rings. The van der Waals surface area contributed by atoms with Crippen molar-refractivity contribution in [3.8, 4) is 0 Å². The van der Waals surface area contributed by atoms with E-state index in [0.717, 1.165) is 25.4 Å². The molecule has 4 nitrogen and oxygen atoms in total. The maximum absolute atomic E-state index is 12.5. The number of likely N-dealkylation sites (N-methyl/N-ethyl adjacent to an activating group) is 1. The highest BCUT2D eigenvalue weighted by Gasteiger charge is 2.30. The van der Waals surface area contributed by atoms with Gasteiger partial charge in [-0.25, -0.2) is 0 Å². The number of pyridine rings is 1. The van der Waals surface area contributed by atoms with Crippen LogP contribution in [-0.2, 0) is 10.5 Å². The van der Waals surface area contributed by atoms with Crippen LogP contribution in [-0.4, -0.2) is 59.2 Å². The molecule has 1 fully saturated rings. The van der Waals surface area contributed by atoms with Crippen LogP contribution >= 0.6 is 11.8 Å². The Labute approximate surface area is 131 Å². The van der Waals surface area contributed by atoms with Crippen LogP contribution in [0.2, 0.25) is 0 Å². The molecule has 5 heteroatoms. The highest BCUT2D eigenvalue weighted by molar-refractivity contribution is 7.99. The van der Waals surface area contributed by atoms with Gasteiger partial charge in [-0.2, -0.15) is 0 Å². The number of rotatable bonds is 5. The van der Waals surface area contributed by atoms with Gasteiger partial charge < -0.3 is 9.80 Å². The van der Waals surface area contributed by atoms with Gasteiger partial charge in [0, 0.05) is 43.8 Å². The lowest BCUT2D eigenvalue weighted by Crippen LogP contribution is -2.56. The molecule has 0 bridgehead atoms. The van der Waals surface area contributed by atoms with Gasteiger partial charge in [-0.3, -0.25) is 9.78 Å². The van der Waals surface area contributed by atoms with Gasteiger partial charge in [0.1, 0.15) is 0 Å². The van der Waals surface area contributed by atoms with Crippen molar-refractivity contribution in [1.29, 1.82) is 0 Å². The summed E-state index contributed by atoms with van der Waals surface area (Å²) in [5, 5.41) is 0. The second-order valence-electron chi connectivity index (χ2n) is 6.01. The molecule has 0 saturated carbocycles. The third kappa shape index (κ3) is 4.71. The number of hydrogen-bond acceptors (Lipinski definition) is 4. The fourth-order valence-corrected chi connectivity index (χ4v) is 3.51. The van der Waals surface area contributed by atoms with E-state index in [1.807, 2.05) is 12.3 Å². The third-order valence-electron chi connectivity index (χ3n) is 3.93. The highest BCUT2D eigenvalue weighted by Crippen LogP contribution is 2.19. The fourth-order valence-electron chi connectivity index (χ4n) is 2.66. The zero-order valence-electron chi connectivity index (χ0n) is 13.2. The first kappa shape index (κ1) is 16.3. The van der Waals surface area contributed by atoms with E-state index < -0.39 is 0 Å². The lowest BCUT2D eigenvalue weighted by atomic mass is 10.00. The third-order valence-corrected chi connectivity index (χ3v) is 4.92. The number of aromatic nitrogens is 1. The number of amides is 1. The van der Waals surface area contributed by atoms with Crippen molar-refractivity contribution >= 4 is 17.7 Å². The minimum atomic E-state index is 0.274. The summed E-state index contributed by atoms with van der Waals surface area (Å²) in [5.41, 5.74) is 1.18. The summed E-state index contributed by atoms with van der Waals surface area (Å²) in [6, 6.07) is 4.33. The monoisotopic (exact) mass is 307 g/mol. The number of nitrogens with zero attached hydrogens (tertiary/aromatic N) is 3. The summed E-state index contributed by atoms with van der Waals surface area (Å²) in [5.74, 6) is 2.18. The molecule has 0 unspecified atom stereocenters. The van der Waals surface area contributed by atoms with Crippen molar-refractivity contribution in [2.75, 3.05) is 32.4 Å². The summed E-state index contributed by atoms with van der Waals surface area (Å²) < 4.78 is 0. The van der Waals surface area contributed by atoms with Gasteiger partial charge in [0.05, 0.1) is 5.75 Å². The van der Waals surface area contributed by atoms with Crippen molar-refractivity contribution in [3.63, 3.8) is 0 Å². The Kier molecular flexibility index (Phi) is 6.06. The van der Waals surface area contributed by atoms with E-state index in [9.17, 15) is 4.79 Å². The standard InChI is InChI=1S/C16H25N3OS/c1-13(2)15-10-18(3)7-8-19(15)16(20)12-21-11-14-5-4-6-17-9-14/h4-6,9,13,15H,7-8,10-12H2,1-3H3/t15-/m1/s1. The normalized spacial score (nSPS) is 20.0. The van der Waals surface area contributed by atoms with Crippen LogP contribution in [0, 0.1) is 5.92 Å². The summed E-state index contributed by atoms with van der Waals surface area (Å²) in [6.45, 7) is 7.21. The van der Waals surface area contributed by atoms with Crippen LogP contribution in [0.3, 0.4) is 0 Å². The fraction of sp³-hybridized carbons (Fsp3) is 0.625. The van der Waals surface area contributed by atoms with Gasteiger partial charge in [0.2, 0.25) is 5.91 Å². The second kappa shape index (κ2) is 7.80. The molecule has 1 aliphatic heterocycles. The van der Waals surface area contributed by atoms with Gasteiger partial charge >= 0.3 is 0 Å². The summed E-state index contributed by atoms with van der Waals surface area (Å²) in [6.07, 6.45) is 3.64. The average molecular weight is 307 g/mol. The van der Waals surface area contributed by atoms with Crippen molar-refractivity contribution in [2.45, 2.75) is 25.6 Å². The summed E-state index contributed by atoms with van der Waals surface area (Å²) in [7, 11) is 2.13. The Bertz CT molecular complexity index is 452. The van der Waals surface area contributed by atoms with Crippen molar-refractivity contribution < 1.29 is 4.79 Å². The van der Waals surface area contributed by atoms with Crippen molar-refractivity contribution in [3.05, 3.63) is 30.1 Å².